The van der Waals surface area contributed by atoms with E-state index in [2.05, 4.69) is 69.5 Å². The van der Waals surface area contributed by atoms with Gasteiger partial charge in [-0.05, 0) is 93.4 Å². The van der Waals surface area contributed by atoms with Crippen LogP contribution in [0.5, 0.6) is 0 Å². The molecule has 14 nitrogen and oxygen atoms in total. The SMILES string of the molecule is CC1(C)C(/C=C/C2=C(NCCOC=O)C(=C/C=C3/N(CCCCS(=O)(=O)O)c4ccc(S(=O)(=O)O)cc4C3(C)C)/CCC2)=[N+](CCCCSOO[O-])c2ccccc21. The summed E-state index contributed by atoms with van der Waals surface area (Å²) in [6, 6.07) is 12.9. The zero-order valence-electron chi connectivity index (χ0n) is 33.3. The van der Waals surface area contributed by atoms with Crippen molar-refractivity contribution in [2.75, 3.05) is 42.6 Å². The van der Waals surface area contributed by atoms with Crippen LogP contribution in [0.3, 0.4) is 0 Å². The van der Waals surface area contributed by atoms with E-state index in [1.54, 1.807) is 6.07 Å². The number of anilines is 1. The molecule has 5 rings (SSSR count). The van der Waals surface area contributed by atoms with Crippen molar-refractivity contribution in [3.63, 3.8) is 0 Å². The predicted molar refractivity (Wildman–Crippen MR) is 222 cm³/mol. The number of ether oxygens (including phenoxy) is 1. The van der Waals surface area contributed by atoms with Crippen LogP contribution in [-0.4, -0.2) is 80.4 Å². The van der Waals surface area contributed by atoms with Crippen LogP contribution >= 0.6 is 12.0 Å². The number of nitrogens with zero attached hydrogens (tertiary/aromatic N) is 2. The van der Waals surface area contributed by atoms with Crippen molar-refractivity contribution in [3.05, 3.63) is 100 Å². The highest BCUT2D eigenvalue weighted by atomic mass is 32.2. The van der Waals surface area contributed by atoms with Crippen LogP contribution in [0, 0.1) is 0 Å². The van der Waals surface area contributed by atoms with E-state index in [0.717, 1.165) is 90.3 Å². The smallest absolute Gasteiger partial charge is 0.294 e. The number of carbonyl (C=O) groups excluding carboxylic acids is 1. The van der Waals surface area contributed by atoms with Gasteiger partial charge in [-0.2, -0.15) is 25.7 Å². The molecule has 0 amide bonds. The zero-order valence-corrected chi connectivity index (χ0v) is 35.8. The topological polar surface area (TPSA) is 195 Å². The fourth-order valence-corrected chi connectivity index (χ4v) is 9.61. The maximum absolute atomic E-state index is 12.1. The Morgan fingerprint density at radius 1 is 0.948 bits per heavy atom. The van der Waals surface area contributed by atoms with Gasteiger partial charge in [0.05, 0.1) is 16.1 Å². The normalized spacial score (nSPS) is 19.1. The molecular weight excluding hydrogens is 807 g/mol. The first-order valence-electron chi connectivity index (χ1n) is 19.3. The molecule has 2 aromatic rings. The summed E-state index contributed by atoms with van der Waals surface area (Å²) in [5, 5.41) is 17.2. The van der Waals surface area contributed by atoms with Gasteiger partial charge in [0.2, 0.25) is 5.69 Å². The molecule has 17 heteroatoms. The molecule has 0 fully saturated rings. The van der Waals surface area contributed by atoms with Crippen molar-refractivity contribution < 1.29 is 54.7 Å². The highest BCUT2D eigenvalue weighted by molar-refractivity contribution is 7.94. The Morgan fingerprint density at radius 3 is 2.45 bits per heavy atom. The summed E-state index contributed by atoms with van der Waals surface area (Å²) < 4.78 is 78.2. The number of hydrogen-bond acceptors (Lipinski definition) is 12. The standard InChI is InChI=1S/C41H53N3O11S3/c1-40(2)33-14-5-6-15-35(33)43(23-7-9-26-56-55-54-46)37(40)20-16-30-12-11-13-31(39(30)42-22-25-53-29-45)17-21-38-41(3,4)34-28-32(58(50,51)52)18-19-36(34)44(38)24-8-10-27-57(47,48)49/h5-6,14-21,28-29H,7-13,22-27H2,1-4H3,(H3,46,47,48,49,50,51,52)/b31-17+,38-21+. The van der Waals surface area contributed by atoms with Gasteiger partial charge in [-0.15, -0.1) is 0 Å². The van der Waals surface area contributed by atoms with E-state index >= 15 is 0 Å². The molecule has 0 saturated carbocycles. The van der Waals surface area contributed by atoms with Crippen molar-refractivity contribution >= 4 is 55.8 Å². The van der Waals surface area contributed by atoms with Crippen molar-refractivity contribution in [1.82, 2.24) is 5.32 Å². The van der Waals surface area contributed by atoms with Gasteiger partial charge < -0.3 is 20.2 Å². The quantitative estimate of drug-likeness (QED) is 0.0252. The molecule has 2 aromatic carbocycles. The first-order valence-corrected chi connectivity index (χ1v) is 23.3. The molecule has 0 aromatic heterocycles. The number of carbonyl (C=O) groups is 1. The Morgan fingerprint density at radius 2 is 1.72 bits per heavy atom. The molecule has 1 aliphatic carbocycles. The second kappa shape index (κ2) is 19.5. The van der Waals surface area contributed by atoms with Crippen LogP contribution in [0.2, 0.25) is 0 Å². The molecule has 2 heterocycles. The van der Waals surface area contributed by atoms with Gasteiger partial charge in [-0.25, -0.2) is 0 Å². The van der Waals surface area contributed by atoms with E-state index in [1.807, 2.05) is 30.9 Å². The Hall–Kier alpha value is -3.81. The molecule has 58 heavy (non-hydrogen) atoms. The minimum Gasteiger partial charge on any atom is -0.691 e. The van der Waals surface area contributed by atoms with Gasteiger partial charge in [0.15, 0.2) is 5.71 Å². The largest absolute Gasteiger partial charge is 0.691 e. The van der Waals surface area contributed by atoms with E-state index < -0.39 is 25.7 Å². The van der Waals surface area contributed by atoms with Crippen molar-refractivity contribution in [2.24, 2.45) is 0 Å². The number of fused-ring (bicyclic) bond motifs is 2. The lowest BCUT2D eigenvalue weighted by atomic mass is 9.81. The lowest BCUT2D eigenvalue weighted by Gasteiger charge is -2.28. The van der Waals surface area contributed by atoms with E-state index in [1.165, 1.54) is 17.7 Å². The van der Waals surface area contributed by atoms with E-state index in [9.17, 15) is 36.0 Å². The zero-order chi connectivity index (χ0) is 42.1. The summed E-state index contributed by atoms with van der Waals surface area (Å²) in [6.45, 7) is 10.5. The second-order valence-electron chi connectivity index (χ2n) is 15.5. The average molecular weight is 860 g/mol. The molecule has 2 aliphatic heterocycles. The fraction of sp³-hybridized carbons (Fsp3) is 0.463. The number of unbranched alkanes of at least 4 members (excludes halogenated alkanes) is 2. The first-order chi connectivity index (χ1) is 27.5. The van der Waals surface area contributed by atoms with Crippen LogP contribution in [-0.2, 0) is 50.0 Å². The minimum absolute atomic E-state index is 0.173. The maximum Gasteiger partial charge on any atom is 0.294 e. The molecule has 316 valence electrons. The molecule has 0 bridgehead atoms. The number of para-hydroxylation sites is 1. The van der Waals surface area contributed by atoms with Gasteiger partial charge in [0.25, 0.3) is 26.7 Å². The van der Waals surface area contributed by atoms with Gasteiger partial charge in [0.1, 0.15) is 13.2 Å². The number of allylic oxidation sites excluding steroid dienone is 7. The van der Waals surface area contributed by atoms with Gasteiger partial charge >= 0.3 is 0 Å². The molecule has 0 radical (unpaired) electrons. The molecule has 0 saturated heterocycles. The van der Waals surface area contributed by atoms with Crippen molar-refractivity contribution in [1.29, 1.82) is 0 Å². The van der Waals surface area contributed by atoms with Crippen LogP contribution in [0.25, 0.3) is 0 Å². The summed E-state index contributed by atoms with van der Waals surface area (Å²) in [5.41, 5.74) is 7.86. The highest BCUT2D eigenvalue weighted by Crippen LogP contribution is 2.49. The monoisotopic (exact) mass is 859 g/mol. The summed E-state index contributed by atoms with van der Waals surface area (Å²) in [4.78, 5) is 12.8. The fourth-order valence-electron chi connectivity index (χ4n) is 8.10. The molecule has 3 aliphatic rings. The van der Waals surface area contributed by atoms with Gasteiger partial charge in [-0.3, -0.25) is 18.9 Å². The third-order valence-corrected chi connectivity index (χ3v) is 13.2. The summed E-state index contributed by atoms with van der Waals surface area (Å²) in [6.07, 6.45) is 13.2. The number of hydrogen-bond donors (Lipinski definition) is 3. The van der Waals surface area contributed by atoms with Crippen molar-refractivity contribution in [2.45, 2.75) is 88.4 Å². The molecule has 0 unspecified atom stereocenters. The summed E-state index contributed by atoms with van der Waals surface area (Å²) in [7, 11) is -8.60. The number of benzene rings is 2. The molecule has 0 atom stereocenters. The van der Waals surface area contributed by atoms with E-state index in [4.69, 9.17) is 4.74 Å². The Kier molecular flexibility index (Phi) is 15.2. The van der Waals surface area contributed by atoms with E-state index in [-0.39, 0.29) is 29.1 Å². The molecular formula is C41H53N3O11S3. The Bertz CT molecular complexity index is 2210. The highest BCUT2D eigenvalue weighted by Gasteiger charge is 2.44. The third-order valence-electron chi connectivity index (χ3n) is 10.9. The van der Waals surface area contributed by atoms with Crippen LogP contribution in [0.1, 0.15) is 83.8 Å². The predicted octanol–water partition coefficient (Wildman–Crippen LogP) is 5.99. The Labute approximate surface area is 345 Å². The molecule has 3 N–H and O–H groups in total. The maximum atomic E-state index is 12.1. The minimum atomic E-state index is -4.47. The van der Waals surface area contributed by atoms with Gasteiger partial charge in [-0.1, -0.05) is 44.2 Å². The molecule has 0 spiro atoms. The lowest BCUT2D eigenvalue weighted by Crippen LogP contribution is -2.28. The number of nitrogens with one attached hydrogen (secondary N) is 1. The van der Waals surface area contributed by atoms with Crippen molar-refractivity contribution in [3.8, 4) is 0 Å². The summed E-state index contributed by atoms with van der Waals surface area (Å²) in [5.74, 6) is 0.244. The van der Waals surface area contributed by atoms with Gasteiger partial charge in [0, 0.05) is 77.5 Å². The lowest BCUT2D eigenvalue weighted by molar-refractivity contribution is -0.777. The summed E-state index contributed by atoms with van der Waals surface area (Å²) >= 11 is 0.989. The number of rotatable bonds is 21. The van der Waals surface area contributed by atoms with Crippen LogP contribution in [0.15, 0.2) is 94.2 Å². The van der Waals surface area contributed by atoms with E-state index in [0.29, 0.717) is 37.3 Å². The Balaban J connectivity index is 1.54. The third kappa shape index (κ3) is 10.9. The van der Waals surface area contributed by atoms with Crippen LogP contribution < -0.4 is 15.5 Å². The second-order valence-corrected chi connectivity index (χ2v) is 19.3. The van der Waals surface area contributed by atoms with Crippen LogP contribution in [0.4, 0.5) is 11.4 Å². The first kappa shape index (κ1) is 45.3. The average Bonchev–Trinajstić information content (AvgIpc) is 3.52.